The number of carboxylic acid groups (broad SMARTS) is 1. The van der Waals surface area contributed by atoms with Gasteiger partial charge in [0.2, 0.25) is 0 Å². The second-order valence-electron chi connectivity index (χ2n) is 7.47. The molecule has 1 fully saturated rings. The van der Waals surface area contributed by atoms with Crippen LogP contribution in [0.4, 0.5) is 4.39 Å². The number of aliphatic hydroxyl groups is 2. The van der Waals surface area contributed by atoms with Crippen molar-refractivity contribution in [3.05, 3.63) is 24.3 Å². The van der Waals surface area contributed by atoms with Crippen LogP contribution in [0.3, 0.4) is 0 Å². The number of ketones is 1. The first-order valence-corrected chi connectivity index (χ1v) is 9.90. The first kappa shape index (κ1) is 23.5. The van der Waals surface area contributed by atoms with Crippen LogP contribution in [-0.4, -0.2) is 39.5 Å². The van der Waals surface area contributed by atoms with Crippen molar-refractivity contribution in [2.75, 3.05) is 6.67 Å². The first-order chi connectivity index (χ1) is 12.8. The molecule has 0 aromatic heterocycles. The van der Waals surface area contributed by atoms with E-state index in [1.165, 1.54) is 0 Å². The summed E-state index contributed by atoms with van der Waals surface area (Å²) in [6, 6.07) is 0. The molecule has 27 heavy (non-hydrogen) atoms. The van der Waals surface area contributed by atoms with Crippen LogP contribution in [0.5, 0.6) is 0 Å². The van der Waals surface area contributed by atoms with E-state index in [-0.39, 0.29) is 43.1 Å². The number of carbonyl (C=O) groups excluding carboxylic acids is 1. The second kappa shape index (κ2) is 12.0. The minimum absolute atomic E-state index is 0.0584. The normalized spacial score (nSPS) is 22.1. The highest BCUT2D eigenvalue weighted by Crippen LogP contribution is 2.33. The van der Waals surface area contributed by atoms with Crippen LogP contribution in [0.25, 0.3) is 0 Å². The number of carboxylic acids is 1. The highest BCUT2D eigenvalue weighted by Gasteiger charge is 2.33. The van der Waals surface area contributed by atoms with Gasteiger partial charge in [-0.2, -0.15) is 0 Å². The van der Waals surface area contributed by atoms with Crippen LogP contribution in [-0.2, 0) is 9.59 Å². The third-order valence-corrected chi connectivity index (χ3v) is 5.25. The summed E-state index contributed by atoms with van der Waals surface area (Å²) in [7, 11) is 0. The fraction of sp³-hybridized carbons (Fsp3) is 0.714. The third kappa shape index (κ3) is 8.35. The zero-order valence-electron chi connectivity index (χ0n) is 16.1. The molecule has 3 atom stereocenters. The maximum absolute atomic E-state index is 13.0. The van der Waals surface area contributed by atoms with Crippen LogP contribution in [0.1, 0.15) is 64.7 Å². The van der Waals surface area contributed by atoms with Crippen molar-refractivity contribution in [2.45, 2.75) is 70.5 Å². The van der Waals surface area contributed by atoms with Crippen molar-refractivity contribution in [2.24, 2.45) is 17.8 Å². The van der Waals surface area contributed by atoms with E-state index < -0.39 is 11.8 Å². The van der Waals surface area contributed by atoms with Crippen LogP contribution in [0.2, 0.25) is 0 Å². The molecule has 1 aliphatic rings. The monoisotopic (exact) mass is 384 g/mol. The number of hydrogen-bond donors (Lipinski definition) is 3. The number of alkyl halides is 1. The van der Waals surface area contributed by atoms with Crippen LogP contribution >= 0.6 is 0 Å². The van der Waals surface area contributed by atoms with Gasteiger partial charge in [-0.3, -0.25) is 9.18 Å². The van der Waals surface area contributed by atoms with E-state index in [1.807, 2.05) is 6.08 Å². The molecule has 1 rings (SSSR count). The molecule has 0 aromatic carbocycles. The Labute approximate surface area is 161 Å². The zero-order chi connectivity index (χ0) is 20.3. The molecule has 5 nitrogen and oxygen atoms in total. The molecule has 0 heterocycles. The minimum atomic E-state index is -2.72. The first-order valence-electron chi connectivity index (χ1n) is 9.90. The van der Waals surface area contributed by atoms with Crippen molar-refractivity contribution in [3.8, 4) is 0 Å². The maximum Gasteiger partial charge on any atom is 0.364 e. The fourth-order valence-corrected chi connectivity index (χ4v) is 3.42. The molecule has 6 heteroatoms. The van der Waals surface area contributed by atoms with E-state index in [1.54, 1.807) is 12.2 Å². The average molecular weight is 384 g/mol. The predicted octanol–water partition coefficient (Wildman–Crippen LogP) is 3.80. The van der Waals surface area contributed by atoms with E-state index in [9.17, 15) is 24.2 Å². The SMILES string of the molecule is CCCC[C@@H](CF)C/C=C/[C@H]1CCC(=O)[C@@H]1C/C=C\CCC(O)(O)C(=O)O. The molecule has 0 aromatic rings. The van der Waals surface area contributed by atoms with Crippen LogP contribution in [0, 0.1) is 17.8 Å². The molecule has 0 unspecified atom stereocenters. The summed E-state index contributed by atoms with van der Waals surface area (Å²) in [6.07, 6.45) is 13.0. The Morgan fingerprint density at radius 1 is 1.33 bits per heavy atom. The largest absolute Gasteiger partial charge is 0.477 e. The Morgan fingerprint density at radius 2 is 2.07 bits per heavy atom. The summed E-state index contributed by atoms with van der Waals surface area (Å²) in [4.78, 5) is 22.7. The lowest BCUT2D eigenvalue weighted by Gasteiger charge is -2.15. The smallest absolute Gasteiger partial charge is 0.364 e. The number of Topliss-reactive ketones (excluding diaryl/α,β-unsaturated/α-hetero) is 1. The molecular formula is C21H33FO5. The molecule has 0 saturated heterocycles. The van der Waals surface area contributed by atoms with Gasteiger partial charge in [0.05, 0.1) is 6.67 Å². The van der Waals surface area contributed by atoms with Gasteiger partial charge in [-0.25, -0.2) is 4.79 Å². The minimum Gasteiger partial charge on any atom is -0.477 e. The number of hydrogen-bond acceptors (Lipinski definition) is 4. The molecule has 0 bridgehead atoms. The molecule has 1 aliphatic carbocycles. The van der Waals surface area contributed by atoms with Crippen LogP contribution < -0.4 is 0 Å². The lowest BCUT2D eigenvalue weighted by atomic mass is 9.90. The molecule has 0 amide bonds. The zero-order valence-corrected chi connectivity index (χ0v) is 16.1. The summed E-state index contributed by atoms with van der Waals surface area (Å²) in [5, 5.41) is 27.1. The molecule has 154 valence electrons. The summed E-state index contributed by atoms with van der Waals surface area (Å²) >= 11 is 0. The number of allylic oxidation sites excluding steroid dienone is 4. The predicted molar refractivity (Wildman–Crippen MR) is 102 cm³/mol. The lowest BCUT2D eigenvalue weighted by Crippen LogP contribution is -2.37. The number of unbranched alkanes of at least 4 members (excludes halogenated alkanes) is 1. The Kier molecular flexibility index (Phi) is 10.5. The molecular weight excluding hydrogens is 351 g/mol. The standard InChI is InChI=1S/C21H33FO5/c1-2-3-8-16(15-22)9-7-10-17-12-13-19(23)18(17)11-5-4-6-14-21(26,27)20(24)25/h4-5,7,10,16-18,26-27H,2-3,6,8-9,11-15H2,1H3,(H,24,25)/b5-4-,10-7+/t16-,17+,18-/m1/s1. The van der Waals surface area contributed by atoms with E-state index in [2.05, 4.69) is 13.0 Å². The van der Waals surface area contributed by atoms with E-state index in [0.29, 0.717) is 19.3 Å². The number of carbonyl (C=O) groups is 2. The summed E-state index contributed by atoms with van der Waals surface area (Å²) in [6.45, 7) is 1.78. The van der Waals surface area contributed by atoms with E-state index >= 15 is 0 Å². The highest BCUT2D eigenvalue weighted by molar-refractivity contribution is 5.83. The molecule has 1 saturated carbocycles. The van der Waals surface area contributed by atoms with Gasteiger partial charge in [0.15, 0.2) is 0 Å². The average Bonchev–Trinajstić information content (AvgIpc) is 2.97. The molecule has 3 N–H and O–H groups in total. The van der Waals surface area contributed by atoms with Gasteiger partial charge in [-0.05, 0) is 43.9 Å². The Balaban J connectivity index is 2.46. The van der Waals surface area contributed by atoms with Crippen molar-refractivity contribution >= 4 is 11.8 Å². The van der Waals surface area contributed by atoms with Gasteiger partial charge >= 0.3 is 5.97 Å². The quantitative estimate of drug-likeness (QED) is 0.332. The van der Waals surface area contributed by atoms with Gasteiger partial charge in [0, 0.05) is 18.8 Å². The topological polar surface area (TPSA) is 94.8 Å². The fourth-order valence-electron chi connectivity index (χ4n) is 3.42. The maximum atomic E-state index is 13.0. The summed E-state index contributed by atoms with van der Waals surface area (Å²) in [5.41, 5.74) is 0. The van der Waals surface area contributed by atoms with Crippen LogP contribution in [0.15, 0.2) is 24.3 Å². The number of rotatable bonds is 13. The second-order valence-corrected chi connectivity index (χ2v) is 7.47. The molecule has 0 radical (unpaired) electrons. The van der Waals surface area contributed by atoms with Crippen molar-refractivity contribution in [1.29, 1.82) is 0 Å². The highest BCUT2D eigenvalue weighted by atomic mass is 19.1. The number of halogens is 1. The van der Waals surface area contributed by atoms with Crippen molar-refractivity contribution in [1.82, 2.24) is 0 Å². The van der Waals surface area contributed by atoms with Gasteiger partial charge in [-0.15, -0.1) is 0 Å². The Morgan fingerprint density at radius 3 is 2.70 bits per heavy atom. The Bertz CT molecular complexity index is 527. The summed E-state index contributed by atoms with van der Waals surface area (Å²) in [5.74, 6) is -4.07. The Hall–Kier alpha value is -1.53. The van der Waals surface area contributed by atoms with Crippen molar-refractivity contribution < 1.29 is 29.3 Å². The van der Waals surface area contributed by atoms with Gasteiger partial charge < -0.3 is 15.3 Å². The molecule has 0 aliphatic heterocycles. The van der Waals surface area contributed by atoms with Gasteiger partial charge in [0.25, 0.3) is 5.79 Å². The van der Waals surface area contributed by atoms with E-state index in [0.717, 1.165) is 25.7 Å². The summed E-state index contributed by atoms with van der Waals surface area (Å²) < 4.78 is 13.0. The third-order valence-electron chi connectivity index (χ3n) is 5.25. The van der Waals surface area contributed by atoms with Gasteiger partial charge in [0.1, 0.15) is 5.78 Å². The van der Waals surface area contributed by atoms with Crippen molar-refractivity contribution in [3.63, 3.8) is 0 Å². The lowest BCUT2D eigenvalue weighted by molar-refractivity contribution is -0.205. The number of aliphatic carboxylic acids is 1. The van der Waals surface area contributed by atoms with Gasteiger partial charge in [-0.1, -0.05) is 44.1 Å². The molecule has 0 spiro atoms. The van der Waals surface area contributed by atoms with E-state index in [4.69, 9.17) is 5.11 Å².